The third-order valence-corrected chi connectivity index (χ3v) is 9.09. The summed E-state index contributed by atoms with van der Waals surface area (Å²) in [5.41, 5.74) is 0. The van der Waals surface area contributed by atoms with E-state index in [4.69, 9.17) is 0 Å². The third-order valence-electron chi connectivity index (χ3n) is 9.09. The molecule has 4 nitrogen and oxygen atoms in total. The zero-order valence-electron chi connectivity index (χ0n) is 28.8. The lowest BCUT2D eigenvalue weighted by Gasteiger charge is -2.24. The third kappa shape index (κ3) is 30.8. The van der Waals surface area contributed by atoms with Crippen LogP contribution in [0.3, 0.4) is 0 Å². The fourth-order valence-electron chi connectivity index (χ4n) is 6.18. The molecule has 0 spiro atoms. The number of carbonyl (C=O) groups excluding carboxylic acids is 1. The standard InChI is InChI=1S/C38H77NO3/c1-3-5-7-9-11-13-15-17-18-20-22-24-26-28-30-34-38(42)39-36(32-31-35-40)37(41)33-29-27-25-23-21-19-16-14-12-10-8-6-4-2/h36-37,40-41H,3-35H2,1-2H3,(H,39,42)/t36-,37+/m0/s1. The van der Waals surface area contributed by atoms with Crippen LogP contribution in [0.1, 0.15) is 219 Å². The lowest BCUT2D eigenvalue weighted by Crippen LogP contribution is -2.43. The number of amides is 1. The molecule has 3 N–H and O–H groups in total. The summed E-state index contributed by atoms with van der Waals surface area (Å²) in [5, 5.41) is 23.2. The van der Waals surface area contributed by atoms with Crippen molar-refractivity contribution in [3.63, 3.8) is 0 Å². The van der Waals surface area contributed by atoms with E-state index < -0.39 is 6.10 Å². The number of unbranched alkanes of at least 4 members (excludes halogenated alkanes) is 26. The van der Waals surface area contributed by atoms with E-state index in [2.05, 4.69) is 19.2 Å². The maximum Gasteiger partial charge on any atom is 0.220 e. The quantitative estimate of drug-likeness (QED) is 0.0638. The monoisotopic (exact) mass is 596 g/mol. The molecule has 2 atom stereocenters. The van der Waals surface area contributed by atoms with Gasteiger partial charge in [0.15, 0.2) is 0 Å². The Hall–Kier alpha value is -0.610. The number of carbonyl (C=O) groups is 1. The Balaban J connectivity index is 3.73. The van der Waals surface area contributed by atoms with Gasteiger partial charge in [-0.3, -0.25) is 4.79 Å². The van der Waals surface area contributed by atoms with Crippen LogP contribution in [0.5, 0.6) is 0 Å². The predicted molar refractivity (Wildman–Crippen MR) is 184 cm³/mol. The highest BCUT2D eigenvalue weighted by Gasteiger charge is 2.20. The molecule has 0 aromatic carbocycles. The van der Waals surface area contributed by atoms with Gasteiger partial charge in [-0.15, -0.1) is 0 Å². The minimum absolute atomic E-state index is 0.0667. The number of nitrogens with one attached hydrogen (secondary N) is 1. The number of hydrogen-bond donors (Lipinski definition) is 3. The van der Waals surface area contributed by atoms with Gasteiger partial charge >= 0.3 is 0 Å². The summed E-state index contributed by atoms with van der Waals surface area (Å²) in [6.45, 7) is 4.66. The number of aliphatic hydroxyl groups is 2. The molecule has 0 aromatic heterocycles. The highest BCUT2D eigenvalue weighted by Crippen LogP contribution is 2.17. The molecule has 0 unspecified atom stereocenters. The van der Waals surface area contributed by atoms with Crippen molar-refractivity contribution in [2.24, 2.45) is 0 Å². The van der Waals surface area contributed by atoms with E-state index in [1.807, 2.05) is 0 Å². The average molecular weight is 596 g/mol. The number of aliphatic hydroxyl groups excluding tert-OH is 2. The molecule has 0 aliphatic heterocycles. The van der Waals surface area contributed by atoms with Crippen molar-refractivity contribution in [3.8, 4) is 0 Å². The molecule has 0 radical (unpaired) electrons. The molecule has 42 heavy (non-hydrogen) atoms. The van der Waals surface area contributed by atoms with Crippen molar-refractivity contribution in [1.29, 1.82) is 0 Å². The molecule has 1 amide bonds. The minimum Gasteiger partial charge on any atom is -0.396 e. The molecule has 0 bridgehead atoms. The van der Waals surface area contributed by atoms with Crippen molar-refractivity contribution in [1.82, 2.24) is 5.32 Å². The van der Waals surface area contributed by atoms with Crippen LogP contribution in [0.15, 0.2) is 0 Å². The minimum atomic E-state index is -0.505. The molecule has 0 aliphatic carbocycles. The first-order valence-electron chi connectivity index (χ1n) is 19.2. The fraction of sp³-hybridized carbons (Fsp3) is 0.974. The van der Waals surface area contributed by atoms with Gasteiger partial charge in [0.2, 0.25) is 5.91 Å². The van der Waals surface area contributed by atoms with Crippen molar-refractivity contribution in [2.75, 3.05) is 6.61 Å². The zero-order valence-corrected chi connectivity index (χ0v) is 28.8. The van der Waals surface area contributed by atoms with Gasteiger partial charge in [-0.1, -0.05) is 187 Å². The molecule has 4 heteroatoms. The van der Waals surface area contributed by atoms with Gasteiger partial charge in [0.1, 0.15) is 0 Å². The van der Waals surface area contributed by atoms with Gasteiger partial charge in [-0.05, 0) is 25.7 Å². The summed E-state index contributed by atoms with van der Waals surface area (Å²) >= 11 is 0. The smallest absolute Gasteiger partial charge is 0.220 e. The van der Waals surface area contributed by atoms with Gasteiger partial charge < -0.3 is 15.5 Å². The largest absolute Gasteiger partial charge is 0.396 e. The van der Waals surface area contributed by atoms with E-state index in [0.29, 0.717) is 19.3 Å². The maximum atomic E-state index is 12.6. The van der Waals surface area contributed by atoms with Crippen LogP contribution in [-0.2, 0) is 4.79 Å². The highest BCUT2D eigenvalue weighted by atomic mass is 16.3. The lowest BCUT2D eigenvalue weighted by molar-refractivity contribution is -0.123. The second kappa shape index (κ2) is 34.9. The Bertz CT molecular complexity index is 526. The van der Waals surface area contributed by atoms with Crippen LogP contribution in [0.25, 0.3) is 0 Å². The molecule has 0 aliphatic rings. The molecule has 0 rings (SSSR count). The van der Waals surface area contributed by atoms with E-state index in [-0.39, 0.29) is 18.6 Å². The van der Waals surface area contributed by atoms with Crippen LogP contribution in [0.4, 0.5) is 0 Å². The molecule has 0 saturated heterocycles. The van der Waals surface area contributed by atoms with E-state index in [1.54, 1.807) is 0 Å². The average Bonchev–Trinajstić information content (AvgIpc) is 2.99. The van der Waals surface area contributed by atoms with Crippen LogP contribution < -0.4 is 5.32 Å². The maximum absolute atomic E-state index is 12.6. The summed E-state index contributed by atoms with van der Waals surface area (Å²) in [4.78, 5) is 12.6. The van der Waals surface area contributed by atoms with Gasteiger partial charge in [-0.2, -0.15) is 0 Å². The summed E-state index contributed by atoms with van der Waals surface area (Å²) in [5.74, 6) is 0.0667. The highest BCUT2D eigenvalue weighted by molar-refractivity contribution is 5.76. The van der Waals surface area contributed by atoms with Crippen molar-refractivity contribution >= 4 is 5.91 Å². The van der Waals surface area contributed by atoms with Crippen LogP contribution >= 0.6 is 0 Å². The molecule has 0 fully saturated rings. The van der Waals surface area contributed by atoms with Gasteiger partial charge in [0.25, 0.3) is 0 Å². The topological polar surface area (TPSA) is 69.6 Å². The van der Waals surface area contributed by atoms with Crippen molar-refractivity contribution in [2.45, 2.75) is 231 Å². The Morgan fingerprint density at radius 1 is 0.476 bits per heavy atom. The Morgan fingerprint density at radius 2 is 0.810 bits per heavy atom. The van der Waals surface area contributed by atoms with E-state index in [9.17, 15) is 15.0 Å². The second-order valence-corrected chi connectivity index (χ2v) is 13.3. The van der Waals surface area contributed by atoms with Crippen LogP contribution in [0, 0.1) is 0 Å². The number of hydrogen-bond acceptors (Lipinski definition) is 3. The Kier molecular flexibility index (Phi) is 34.4. The summed E-state index contributed by atoms with van der Waals surface area (Å²) in [6, 6.07) is -0.224. The fourth-order valence-corrected chi connectivity index (χ4v) is 6.18. The summed E-state index contributed by atoms with van der Waals surface area (Å²) < 4.78 is 0. The molecular weight excluding hydrogens is 518 g/mol. The number of rotatable bonds is 35. The Morgan fingerprint density at radius 3 is 1.17 bits per heavy atom. The first kappa shape index (κ1) is 41.4. The van der Waals surface area contributed by atoms with Crippen LogP contribution in [0.2, 0.25) is 0 Å². The zero-order chi connectivity index (χ0) is 30.8. The van der Waals surface area contributed by atoms with E-state index >= 15 is 0 Å². The summed E-state index contributed by atoms with van der Waals surface area (Å²) in [7, 11) is 0. The molecule has 252 valence electrons. The molecular formula is C38H77NO3. The first-order valence-corrected chi connectivity index (χ1v) is 19.2. The molecule has 0 heterocycles. The SMILES string of the molecule is CCCCCCCCCCCCCCCCCC(=O)N[C@@H](CCCO)[C@H](O)CCCCCCCCCCCCCCC. The van der Waals surface area contributed by atoms with Crippen molar-refractivity contribution < 1.29 is 15.0 Å². The second-order valence-electron chi connectivity index (χ2n) is 13.3. The first-order chi connectivity index (χ1) is 20.7. The summed E-state index contributed by atoms with van der Waals surface area (Å²) in [6.07, 6.45) is 39.1. The normalized spacial score (nSPS) is 13.0. The Labute approximate surface area is 264 Å². The van der Waals surface area contributed by atoms with E-state index in [0.717, 1.165) is 32.1 Å². The van der Waals surface area contributed by atoms with Crippen molar-refractivity contribution in [3.05, 3.63) is 0 Å². The van der Waals surface area contributed by atoms with Gasteiger partial charge in [-0.25, -0.2) is 0 Å². The lowest BCUT2D eigenvalue weighted by atomic mass is 9.98. The molecule has 0 aromatic rings. The van der Waals surface area contributed by atoms with Gasteiger partial charge in [0, 0.05) is 13.0 Å². The van der Waals surface area contributed by atoms with E-state index in [1.165, 1.54) is 154 Å². The predicted octanol–water partition coefficient (Wildman–Crippen LogP) is 11.3. The molecule has 0 saturated carbocycles. The van der Waals surface area contributed by atoms with Gasteiger partial charge in [0.05, 0.1) is 12.1 Å². The van der Waals surface area contributed by atoms with Crippen LogP contribution in [-0.4, -0.2) is 34.9 Å².